The van der Waals surface area contributed by atoms with Gasteiger partial charge in [-0.1, -0.05) is 18.2 Å². The predicted molar refractivity (Wildman–Crippen MR) is 141 cm³/mol. The zero-order valence-electron chi connectivity index (χ0n) is 22.0. The number of likely N-dealkylation sites (tertiary alicyclic amines) is 1. The normalized spacial score (nSPS) is 19.2. The number of carboxylic acids is 1. The van der Waals surface area contributed by atoms with E-state index in [9.17, 15) is 23.1 Å². The van der Waals surface area contributed by atoms with Crippen molar-refractivity contribution in [3.05, 3.63) is 71.4 Å². The highest BCUT2D eigenvalue weighted by atomic mass is 19.4. The van der Waals surface area contributed by atoms with Crippen molar-refractivity contribution in [1.82, 2.24) is 9.88 Å². The molecule has 2 aromatic carbocycles. The van der Waals surface area contributed by atoms with Crippen LogP contribution in [0.3, 0.4) is 0 Å². The largest absolute Gasteiger partial charge is 0.497 e. The maximum absolute atomic E-state index is 15.4. The third-order valence-electron chi connectivity index (χ3n) is 7.71. The first-order chi connectivity index (χ1) is 18.7. The number of aromatic nitrogens is 1. The third kappa shape index (κ3) is 7.47. The van der Waals surface area contributed by atoms with Crippen LogP contribution in [0.1, 0.15) is 55.0 Å². The SMILES string of the molecule is COc1ccc2nccc(C(F)CC[C@@H]3CCN(CCCCc4cccc(C(F)(F)F)c4)C[C@@H]3C(=O)O)c2c1. The number of rotatable bonds is 11. The van der Waals surface area contributed by atoms with E-state index in [1.54, 1.807) is 43.6 Å². The lowest BCUT2D eigenvalue weighted by Crippen LogP contribution is -2.44. The smallest absolute Gasteiger partial charge is 0.416 e. The molecule has 39 heavy (non-hydrogen) atoms. The van der Waals surface area contributed by atoms with Gasteiger partial charge in [-0.05, 0) is 99.0 Å². The van der Waals surface area contributed by atoms with E-state index in [4.69, 9.17) is 4.74 Å². The molecule has 0 amide bonds. The fourth-order valence-electron chi connectivity index (χ4n) is 5.53. The van der Waals surface area contributed by atoms with Gasteiger partial charge in [0.15, 0.2) is 0 Å². The van der Waals surface area contributed by atoms with Gasteiger partial charge in [0.2, 0.25) is 0 Å². The maximum Gasteiger partial charge on any atom is 0.416 e. The Morgan fingerprint density at radius 1 is 1.18 bits per heavy atom. The second kappa shape index (κ2) is 12.8. The van der Waals surface area contributed by atoms with Crippen LogP contribution in [0.25, 0.3) is 10.9 Å². The van der Waals surface area contributed by atoms with Crippen LogP contribution in [0.2, 0.25) is 0 Å². The van der Waals surface area contributed by atoms with E-state index in [1.807, 2.05) is 0 Å². The van der Waals surface area contributed by atoms with Crippen molar-refractivity contribution < 1.29 is 32.2 Å². The highest BCUT2D eigenvalue weighted by molar-refractivity contribution is 5.83. The van der Waals surface area contributed by atoms with E-state index >= 15 is 4.39 Å². The minimum atomic E-state index is -4.35. The van der Waals surface area contributed by atoms with Crippen LogP contribution >= 0.6 is 0 Å². The number of alkyl halides is 4. The van der Waals surface area contributed by atoms with Crippen molar-refractivity contribution >= 4 is 16.9 Å². The maximum atomic E-state index is 15.4. The van der Waals surface area contributed by atoms with Crippen molar-refractivity contribution in [3.8, 4) is 5.75 Å². The summed E-state index contributed by atoms with van der Waals surface area (Å²) in [7, 11) is 1.55. The quantitative estimate of drug-likeness (QED) is 0.205. The zero-order valence-corrected chi connectivity index (χ0v) is 22.0. The van der Waals surface area contributed by atoms with Crippen molar-refractivity contribution in [2.24, 2.45) is 11.8 Å². The molecule has 5 nitrogen and oxygen atoms in total. The van der Waals surface area contributed by atoms with Crippen LogP contribution in [0.15, 0.2) is 54.7 Å². The zero-order chi connectivity index (χ0) is 28.0. The number of hydrogen-bond acceptors (Lipinski definition) is 4. The molecule has 0 bridgehead atoms. The van der Waals surface area contributed by atoms with Gasteiger partial charge in [0.1, 0.15) is 11.9 Å². The fraction of sp³-hybridized carbons (Fsp3) is 0.467. The molecule has 0 saturated carbocycles. The molecule has 1 aliphatic rings. The molecule has 1 aliphatic heterocycles. The number of carboxylic acid groups (broad SMARTS) is 1. The number of halogens is 4. The number of unbranched alkanes of at least 4 members (excludes halogenated alkanes) is 1. The van der Waals surface area contributed by atoms with E-state index in [-0.39, 0.29) is 12.3 Å². The van der Waals surface area contributed by atoms with Gasteiger partial charge in [-0.3, -0.25) is 9.78 Å². The molecular weight excluding hydrogens is 512 g/mol. The number of carbonyl (C=O) groups is 1. The number of piperidine rings is 1. The predicted octanol–water partition coefficient (Wildman–Crippen LogP) is 7.10. The molecule has 0 radical (unpaired) electrons. The number of ether oxygens (including phenoxy) is 1. The molecule has 1 aromatic heterocycles. The lowest BCUT2D eigenvalue weighted by atomic mass is 9.81. The summed E-state index contributed by atoms with van der Waals surface area (Å²) < 4.78 is 59.5. The molecule has 1 unspecified atom stereocenters. The number of methoxy groups -OCH3 is 1. The minimum Gasteiger partial charge on any atom is -0.497 e. The first kappa shape index (κ1) is 28.8. The van der Waals surface area contributed by atoms with Gasteiger partial charge in [-0.2, -0.15) is 13.2 Å². The number of aryl methyl sites for hydroxylation is 1. The van der Waals surface area contributed by atoms with Crippen molar-refractivity contribution in [1.29, 1.82) is 0 Å². The highest BCUT2D eigenvalue weighted by Gasteiger charge is 2.34. The molecule has 3 aromatic rings. The Hall–Kier alpha value is -3.20. The molecular formula is C30H34F4N2O3. The first-order valence-corrected chi connectivity index (χ1v) is 13.3. The van der Waals surface area contributed by atoms with Crippen molar-refractivity contribution in [3.63, 3.8) is 0 Å². The van der Waals surface area contributed by atoms with Gasteiger partial charge >= 0.3 is 12.1 Å². The lowest BCUT2D eigenvalue weighted by molar-refractivity contribution is -0.146. The van der Waals surface area contributed by atoms with Gasteiger partial charge < -0.3 is 14.7 Å². The lowest BCUT2D eigenvalue weighted by Gasteiger charge is -2.37. The summed E-state index contributed by atoms with van der Waals surface area (Å²) in [4.78, 5) is 18.5. The monoisotopic (exact) mass is 546 g/mol. The van der Waals surface area contributed by atoms with Gasteiger partial charge in [0.05, 0.1) is 24.1 Å². The van der Waals surface area contributed by atoms with Crippen molar-refractivity contribution in [2.75, 3.05) is 26.7 Å². The Labute approximate surface area is 225 Å². The summed E-state index contributed by atoms with van der Waals surface area (Å²) in [5.74, 6) is -0.950. The molecule has 3 atom stereocenters. The molecule has 1 N–H and O–H groups in total. The Kier molecular flexibility index (Phi) is 9.43. The molecule has 0 spiro atoms. The average Bonchev–Trinajstić information content (AvgIpc) is 2.93. The summed E-state index contributed by atoms with van der Waals surface area (Å²) in [5, 5.41) is 10.6. The average molecular weight is 547 g/mol. The number of nitrogens with zero attached hydrogens (tertiary/aromatic N) is 2. The van der Waals surface area contributed by atoms with Crippen LogP contribution < -0.4 is 4.74 Å². The van der Waals surface area contributed by atoms with Crippen LogP contribution in [-0.2, 0) is 17.4 Å². The Bertz CT molecular complexity index is 1270. The summed E-state index contributed by atoms with van der Waals surface area (Å²) >= 11 is 0. The third-order valence-corrected chi connectivity index (χ3v) is 7.71. The molecule has 2 heterocycles. The van der Waals surface area contributed by atoms with E-state index < -0.39 is 29.8 Å². The molecule has 4 rings (SSSR count). The number of aliphatic carboxylic acids is 1. The summed E-state index contributed by atoms with van der Waals surface area (Å²) in [6, 6.07) is 12.4. The van der Waals surface area contributed by atoms with Gasteiger partial charge in [-0.15, -0.1) is 0 Å². The second-order valence-electron chi connectivity index (χ2n) is 10.3. The van der Waals surface area contributed by atoms with Crippen LogP contribution in [-0.4, -0.2) is 47.7 Å². The van der Waals surface area contributed by atoms with Gasteiger partial charge in [-0.25, -0.2) is 4.39 Å². The number of pyridine rings is 1. The van der Waals surface area contributed by atoms with Crippen LogP contribution in [0.4, 0.5) is 17.6 Å². The summed E-state index contributed by atoms with van der Waals surface area (Å²) in [6.45, 7) is 1.81. The Balaban J connectivity index is 1.28. The van der Waals surface area contributed by atoms with Crippen LogP contribution in [0.5, 0.6) is 5.75 Å². The molecule has 1 fully saturated rings. The number of hydrogen-bond donors (Lipinski definition) is 1. The van der Waals surface area contributed by atoms with Crippen molar-refractivity contribution in [2.45, 2.75) is 50.9 Å². The fourth-order valence-corrected chi connectivity index (χ4v) is 5.53. The topological polar surface area (TPSA) is 62.7 Å². The van der Waals surface area contributed by atoms with Gasteiger partial charge in [0.25, 0.3) is 0 Å². The van der Waals surface area contributed by atoms with E-state index in [1.165, 1.54) is 12.1 Å². The number of fused-ring (bicyclic) bond motifs is 1. The summed E-state index contributed by atoms with van der Waals surface area (Å²) in [5.41, 5.74) is 1.22. The molecule has 9 heteroatoms. The Morgan fingerprint density at radius 2 is 2.00 bits per heavy atom. The minimum absolute atomic E-state index is 0.121. The first-order valence-electron chi connectivity index (χ1n) is 13.3. The molecule has 0 aliphatic carbocycles. The summed E-state index contributed by atoms with van der Waals surface area (Å²) in [6.07, 6.45) is -0.636. The second-order valence-corrected chi connectivity index (χ2v) is 10.3. The van der Waals surface area contributed by atoms with Crippen LogP contribution in [0, 0.1) is 11.8 Å². The number of benzene rings is 2. The molecule has 210 valence electrons. The Morgan fingerprint density at radius 3 is 2.74 bits per heavy atom. The van der Waals surface area contributed by atoms with E-state index in [0.717, 1.165) is 19.0 Å². The standard InChI is InChI=1S/C30H34F4N2O3/c1-39-23-9-11-28-25(18-23)24(12-14-35-28)27(31)10-8-21-13-16-36(19-26(21)29(37)38)15-3-2-5-20-6-4-7-22(17-20)30(32,33)34/h4,6-7,9,11-12,14,17-18,21,26-27H,2-3,5,8,10,13,15-16,19H2,1H3,(H,37,38)/t21-,26+,27?/m1/s1. The molecule has 1 saturated heterocycles. The van der Waals surface area contributed by atoms with Gasteiger partial charge in [0, 0.05) is 18.1 Å². The highest BCUT2D eigenvalue weighted by Crippen LogP contribution is 2.35. The van der Waals surface area contributed by atoms with E-state index in [2.05, 4.69) is 9.88 Å². The van der Waals surface area contributed by atoms with E-state index in [0.29, 0.717) is 66.6 Å².